The molecule has 116 valence electrons. The molecule has 0 spiro atoms. The molecule has 9 heteroatoms. The molecule has 2 saturated heterocycles. The largest absolute Gasteiger partial charge is 0.394 e. The van der Waals surface area contributed by atoms with Crippen molar-refractivity contribution in [2.45, 2.75) is 44.2 Å². The number of aromatic nitrogens is 2. The van der Waals surface area contributed by atoms with E-state index in [-0.39, 0.29) is 18.1 Å². The van der Waals surface area contributed by atoms with Gasteiger partial charge in [-0.05, 0) is 13.8 Å². The summed E-state index contributed by atoms with van der Waals surface area (Å²) in [4.78, 5) is 18.6. The van der Waals surface area contributed by atoms with Crippen LogP contribution >= 0.6 is 0 Å². The molecule has 2 aliphatic heterocycles. The second kappa shape index (κ2) is 4.95. The SMILES string of the molecule is CC1(C)O[C@@H]2[C@H](O1)[C@@H](NC(=O)c1nc[nH]c1N)O[C@H]2CO. The lowest BCUT2D eigenvalue weighted by Crippen LogP contribution is -2.44. The van der Waals surface area contributed by atoms with E-state index >= 15 is 0 Å². The molecule has 0 saturated carbocycles. The number of fused-ring (bicyclic) bond motifs is 1. The first-order chi connectivity index (χ1) is 9.91. The van der Waals surface area contributed by atoms with E-state index in [1.165, 1.54) is 6.33 Å². The number of nitrogens with zero attached hydrogens (tertiary/aromatic N) is 1. The molecule has 1 aromatic rings. The van der Waals surface area contributed by atoms with Crippen LogP contribution in [0.25, 0.3) is 0 Å². The predicted octanol–water partition coefficient (Wildman–Crippen LogP) is -1.04. The molecule has 2 fully saturated rings. The van der Waals surface area contributed by atoms with Crippen molar-refractivity contribution in [3.63, 3.8) is 0 Å². The van der Waals surface area contributed by atoms with Crippen LogP contribution in [0, 0.1) is 0 Å². The van der Waals surface area contributed by atoms with Crippen molar-refractivity contribution in [1.82, 2.24) is 15.3 Å². The molecule has 0 bridgehead atoms. The number of nitrogens with two attached hydrogens (primary N) is 1. The third-order valence-corrected chi connectivity index (χ3v) is 3.49. The number of carbonyl (C=O) groups is 1. The number of aliphatic hydroxyl groups excluding tert-OH is 1. The molecule has 5 N–H and O–H groups in total. The van der Waals surface area contributed by atoms with E-state index in [1.807, 2.05) is 0 Å². The van der Waals surface area contributed by atoms with Gasteiger partial charge < -0.3 is 35.4 Å². The highest BCUT2D eigenvalue weighted by atomic mass is 16.8. The predicted molar refractivity (Wildman–Crippen MR) is 70.0 cm³/mol. The number of H-pyrrole nitrogens is 1. The van der Waals surface area contributed by atoms with Crippen LogP contribution < -0.4 is 11.1 Å². The number of hydrogen-bond acceptors (Lipinski definition) is 7. The standard InChI is InChI=1S/C12H18N4O5/c1-12(2)20-7-5(3-17)19-11(8(7)21-12)16-10(18)6-9(13)15-4-14-6/h4-5,7-8,11,17H,3,13H2,1-2H3,(H,14,15)(H,16,18)/t5-,7-,8-,11-/m0/s1. The van der Waals surface area contributed by atoms with Crippen LogP contribution in [-0.4, -0.2) is 57.9 Å². The molecule has 21 heavy (non-hydrogen) atoms. The van der Waals surface area contributed by atoms with Crippen LogP contribution in [0.3, 0.4) is 0 Å². The van der Waals surface area contributed by atoms with Crippen molar-refractivity contribution < 1.29 is 24.1 Å². The smallest absolute Gasteiger partial charge is 0.275 e. The summed E-state index contributed by atoms with van der Waals surface area (Å²) in [6.45, 7) is 3.31. The van der Waals surface area contributed by atoms with E-state index < -0.39 is 36.2 Å². The van der Waals surface area contributed by atoms with Gasteiger partial charge in [-0.25, -0.2) is 4.98 Å². The molecule has 3 heterocycles. The first-order valence-electron chi connectivity index (χ1n) is 6.63. The van der Waals surface area contributed by atoms with Crippen molar-refractivity contribution >= 4 is 11.7 Å². The molecule has 1 aromatic heterocycles. The normalized spacial score (nSPS) is 33.9. The average Bonchev–Trinajstić information content (AvgIpc) is 3.04. The molecular formula is C12H18N4O5. The summed E-state index contributed by atoms with van der Waals surface area (Å²) >= 11 is 0. The van der Waals surface area contributed by atoms with Gasteiger partial charge in [0.25, 0.3) is 5.91 Å². The number of nitrogen functional groups attached to an aromatic ring is 1. The zero-order valence-electron chi connectivity index (χ0n) is 11.7. The number of hydrogen-bond donors (Lipinski definition) is 4. The van der Waals surface area contributed by atoms with Gasteiger partial charge in [-0.1, -0.05) is 0 Å². The molecule has 9 nitrogen and oxygen atoms in total. The van der Waals surface area contributed by atoms with Crippen LogP contribution in [0.5, 0.6) is 0 Å². The summed E-state index contributed by atoms with van der Waals surface area (Å²) < 4.78 is 17.0. The highest BCUT2D eigenvalue weighted by Gasteiger charge is 2.55. The summed E-state index contributed by atoms with van der Waals surface area (Å²) in [6.07, 6.45) is -0.901. The van der Waals surface area contributed by atoms with Gasteiger partial charge >= 0.3 is 0 Å². The van der Waals surface area contributed by atoms with Crippen LogP contribution in [0.2, 0.25) is 0 Å². The second-order valence-corrected chi connectivity index (χ2v) is 5.48. The number of imidazole rings is 1. The molecule has 3 rings (SSSR count). The third kappa shape index (κ3) is 2.48. The maximum Gasteiger partial charge on any atom is 0.275 e. The van der Waals surface area contributed by atoms with Crippen LogP contribution in [0.15, 0.2) is 6.33 Å². The molecule has 0 aliphatic carbocycles. The Morgan fingerprint density at radius 2 is 2.24 bits per heavy atom. The van der Waals surface area contributed by atoms with E-state index in [0.717, 1.165) is 0 Å². The summed E-state index contributed by atoms with van der Waals surface area (Å²) in [7, 11) is 0. The fourth-order valence-electron chi connectivity index (χ4n) is 2.63. The van der Waals surface area contributed by atoms with E-state index in [9.17, 15) is 9.90 Å². The van der Waals surface area contributed by atoms with Crippen molar-refractivity contribution in [1.29, 1.82) is 0 Å². The first kappa shape index (κ1) is 14.3. The van der Waals surface area contributed by atoms with E-state index in [4.69, 9.17) is 19.9 Å². The van der Waals surface area contributed by atoms with E-state index in [1.54, 1.807) is 13.8 Å². The minimum Gasteiger partial charge on any atom is -0.394 e. The van der Waals surface area contributed by atoms with Crippen molar-refractivity contribution in [3.8, 4) is 0 Å². The van der Waals surface area contributed by atoms with Crippen molar-refractivity contribution in [3.05, 3.63) is 12.0 Å². The Hall–Kier alpha value is -1.68. The Balaban J connectivity index is 1.74. The number of rotatable bonds is 3. The van der Waals surface area contributed by atoms with Gasteiger partial charge in [-0.15, -0.1) is 0 Å². The molecular weight excluding hydrogens is 280 g/mol. The Bertz CT molecular complexity index is 546. The molecule has 4 atom stereocenters. The number of aliphatic hydroxyl groups is 1. The number of nitrogens with one attached hydrogen (secondary N) is 2. The quantitative estimate of drug-likeness (QED) is 0.560. The zero-order chi connectivity index (χ0) is 15.2. The minimum atomic E-state index is -0.791. The molecule has 2 aliphatic rings. The van der Waals surface area contributed by atoms with Crippen LogP contribution in [0.4, 0.5) is 5.82 Å². The van der Waals surface area contributed by atoms with Gasteiger partial charge in [0.2, 0.25) is 0 Å². The van der Waals surface area contributed by atoms with Crippen LogP contribution in [0.1, 0.15) is 24.3 Å². The fourth-order valence-corrected chi connectivity index (χ4v) is 2.63. The fraction of sp³-hybridized carbons (Fsp3) is 0.667. The number of carbonyl (C=O) groups excluding carboxylic acids is 1. The average molecular weight is 298 g/mol. The Kier molecular flexibility index (Phi) is 3.36. The summed E-state index contributed by atoms with van der Waals surface area (Å²) in [5.41, 5.74) is 5.69. The summed E-state index contributed by atoms with van der Waals surface area (Å²) in [5.74, 6) is -1.10. The lowest BCUT2D eigenvalue weighted by atomic mass is 10.1. The second-order valence-electron chi connectivity index (χ2n) is 5.48. The van der Waals surface area contributed by atoms with Crippen molar-refractivity contribution in [2.75, 3.05) is 12.3 Å². The number of anilines is 1. The Labute approximate surface area is 120 Å². The van der Waals surface area contributed by atoms with Gasteiger partial charge in [0.05, 0.1) is 12.9 Å². The van der Waals surface area contributed by atoms with Gasteiger partial charge in [0.1, 0.15) is 24.1 Å². The van der Waals surface area contributed by atoms with E-state index in [0.29, 0.717) is 0 Å². The first-order valence-corrected chi connectivity index (χ1v) is 6.63. The topological polar surface area (TPSA) is 132 Å². The van der Waals surface area contributed by atoms with Crippen LogP contribution in [-0.2, 0) is 14.2 Å². The zero-order valence-corrected chi connectivity index (χ0v) is 11.7. The Morgan fingerprint density at radius 1 is 1.52 bits per heavy atom. The maximum atomic E-state index is 12.1. The number of ether oxygens (including phenoxy) is 3. The maximum absolute atomic E-state index is 12.1. The third-order valence-electron chi connectivity index (χ3n) is 3.49. The molecule has 0 radical (unpaired) electrons. The molecule has 0 aromatic carbocycles. The highest BCUT2D eigenvalue weighted by molar-refractivity contribution is 5.96. The highest BCUT2D eigenvalue weighted by Crippen LogP contribution is 2.37. The number of amides is 1. The van der Waals surface area contributed by atoms with Gasteiger partial charge in [0.15, 0.2) is 17.7 Å². The Morgan fingerprint density at radius 3 is 2.86 bits per heavy atom. The van der Waals surface area contributed by atoms with E-state index in [2.05, 4.69) is 15.3 Å². The summed E-state index contributed by atoms with van der Waals surface area (Å²) in [6, 6.07) is 0. The minimum absolute atomic E-state index is 0.0840. The lowest BCUT2D eigenvalue weighted by molar-refractivity contribution is -0.192. The monoisotopic (exact) mass is 298 g/mol. The summed E-state index contributed by atoms with van der Waals surface area (Å²) in [5, 5.41) is 12.0. The molecule has 0 unspecified atom stereocenters. The number of aromatic amines is 1. The van der Waals surface area contributed by atoms with Gasteiger partial charge in [-0.3, -0.25) is 4.79 Å². The van der Waals surface area contributed by atoms with Gasteiger partial charge in [0, 0.05) is 0 Å². The molecule has 1 amide bonds. The van der Waals surface area contributed by atoms with Crippen molar-refractivity contribution in [2.24, 2.45) is 0 Å². The lowest BCUT2D eigenvalue weighted by Gasteiger charge is -2.23. The van der Waals surface area contributed by atoms with Gasteiger partial charge in [-0.2, -0.15) is 0 Å².